The number of para-hydroxylation sites is 1. The molecule has 0 spiro atoms. The molecule has 0 saturated carbocycles. The van der Waals surface area contributed by atoms with Crippen molar-refractivity contribution in [1.29, 1.82) is 0 Å². The van der Waals surface area contributed by atoms with Gasteiger partial charge in [-0.05, 0) is 17.0 Å². The molecule has 0 aliphatic carbocycles. The number of benzene rings is 1. The second-order valence-electron chi connectivity index (χ2n) is 6.21. The maximum absolute atomic E-state index is 11.5. The summed E-state index contributed by atoms with van der Waals surface area (Å²) in [4.78, 5) is 15.6. The molecule has 0 unspecified atom stereocenters. The van der Waals surface area contributed by atoms with Crippen LogP contribution < -0.4 is 4.90 Å². The predicted octanol–water partition coefficient (Wildman–Crippen LogP) is 2.87. The van der Waals surface area contributed by atoms with Crippen molar-refractivity contribution in [3.8, 4) is 0 Å². The summed E-state index contributed by atoms with van der Waals surface area (Å²) >= 11 is 0. The Labute approximate surface area is 121 Å². The first-order chi connectivity index (χ1) is 9.43. The second kappa shape index (κ2) is 5.73. The zero-order chi connectivity index (χ0) is 14.8. The van der Waals surface area contributed by atoms with Crippen molar-refractivity contribution < 1.29 is 9.53 Å². The minimum atomic E-state index is -0.228. The molecular weight excluding hydrogens is 252 g/mol. The van der Waals surface area contributed by atoms with Crippen LogP contribution in [0.4, 0.5) is 10.5 Å². The van der Waals surface area contributed by atoms with E-state index >= 15 is 0 Å². The first kappa shape index (κ1) is 14.7. The van der Waals surface area contributed by atoms with Crippen LogP contribution in [-0.2, 0) is 10.2 Å². The summed E-state index contributed by atoms with van der Waals surface area (Å²) in [6.45, 7) is 9.82. The van der Waals surface area contributed by atoms with Gasteiger partial charge in [0.2, 0.25) is 0 Å². The molecule has 1 amide bonds. The fraction of sp³-hybridized carbons (Fsp3) is 0.562. The average Bonchev–Trinajstić information content (AvgIpc) is 2.46. The number of piperazine rings is 1. The minimum Gasteiger partial charge on any atom is -0.453 e. The van der Waals surface area contributed by atoms with Gasteiger partial charge in [-0.2, -0.15) is 0 Å². The predicted molar refractivity (Wildman–Crippen MR) is 81.3 cm³/mol. The molecule has 0 atom stereocenters. The van der Waals surface area contributed by atoms with Crippen molar-refractivity contribution in [3.63, 3.8) is 0 Å². The molecular formula is C16H24N2O2. The van der Waals surface area contributed by atoms with Gasteiger partial charge >= 0.3 is 6.09 Å². The molecule has 0 N–H and O–H groups in total. The van der Waals surface area contributed by atoms with E-state index in [2.05, 4.69) is 49.9 Å². The van der Waals surface area contributed by atoms with E-state index in [-0.39, 0.29) is 11.5 Å². The van der Waals surface area contributed by atoms with E-state index in [0.717, 1.165) is 13.1 Å². The highest BCUT2D eigenvalue weighted by atomic mass is 16.5. The number of amides is 1. The van der Waals surface area contributed by atoms with E-state index in [4.69, 9.17) is 4.74 Å². The summed E-state index contributed by atoms with van der Waals surface area (Å²) < 4.78 is 4.78. The smallest absolute Gasteiger partial charge is 0.409 e. The zero-order valence-electron chi connectivity index (χ0n) is 12.8. The number of carbonyl (C=O) groups is 1. The summed E-state index contributed by atoms with van der Waals surface area (Å²) in [5.74, 6) is 0. The lowest BCUT2D eigenvalue weighted by molar-refractivity contribution is 0.121. The van der Waals surface area contributed by atoms with Crippen LogP contribution in [0.1, 0.15) is 26.3 Å². The van der Waals surface area contributed by atoms with E-state index in [1.54, 1.807) is 4.90 Å². The molecule has 1 aromatic carbocycles. The van der Waals surface area contributed by atoms with Crippen LogP contribution in [0.15, 0.2) is 24.3 Å². The van der Waals surface area contributed by atoms with Gasteiger partial charge in [-0.1, -0.05) is 39.0 Å². The fourth-order valence-electron chi connectivity index (χ4n) is 2.64. The fourth-order valence-corrected chi connectivity index (χ4v) is 2.64. The minimum absolute atomic E-state index is 0.121. The highest BCUT2D eigenvalue weighted by Crippen LogP contribution is 2.32. The molecule has 0 bridgehead atoms. The Hall–Kier alpha value is -1.71. The Bertz CT molecular complexity index is 472. The molecule has 4 nitrogen and oxygen atoms in total. The molecule has 1 saturated heterocycles. The molecule has 1 aliphatic heterocycles. The summed E-state index contributed by atoms with van der Waals surface area (Å²) in [7, 11) is 1.43. The Balaban J connectivity index is 2.13. The lowest BCUT2D eigenvalue weighted by atomic mass is 9.85. The number of methoxy groups -OCH3 is 1. The molecule has 1 heterocycles. The lowest BCUT2D eigenvalue weighted by Gasteiger charge is -2.37. The van der Waals surface area contributed by atoms with Gasteiger partial charge < -0.3 is 14.5 Å². The first-order valence-electron chi connectivity index (χ1n) is 7.11. The molecule has 0 radical (unpaired) electrons. The van der Waals surface area contributed by atoms with E-state index < -0.39 is 0 Å². The molecule has 1 aliphatic rings. The molecule has 110 valence electrons. The van der Waals surface area contributed by atoms with Crippen LogP contribution in [0.5, 0.6) is 0 Å². The Morgan fingerprint density at radius 1 is 1.10 bits per heavy atom. The average molecular weight is 276 g/mol. The molecule has 1 aromatic rings. The third-order valence-electron chi connectivity index (χ3n) is 3.77. The Morgan fingerprint density at radius 3 is 2.25 bits per heavy atom. The van der Waals surface area contributed by atoms with Crippen molar-refractivity contribution in [2.75, 3.05) is 38.2 Å². The van der Waals surface area contributed by atoms with Gasteiger partial charge in [-0.25, -0.2) is 4.79 Å². The number of hydrogen-bond acceptors (Lipinski definition) is 3. The van der Waals surface area contributed by atoms with Gasteiger partial charge in [0.15, 0.2) is 0 Å². The highest BCUT2D eigenvalue weighted by Gasteiger charge is 2.25. The summed E-state index contributed by atoms with van der Waals surface area (Å²) in [6, 6.07) is 8.54. The van der Waals surface area contributed by atoms with Crippen molar-refractivity contribution in [2.45, 2.75) is 26.2 Å². The van der Waals surface area contributed by atoms with E-state index in [9.17, 15) is 4.79 Å². The molecule has 1 fully saturated rings. The molecule has 20 heavy (non-hydrogen) atoms. The second-order valence-corrected chi connectivity index (χ2v) is 6.21. The van der Waals surface area contributed by atoms with E-state index in [0.29, 0.717) is 13.1 Å². The van der Waals surface area contributed by atoms with Crippen LogP contribution >= 0.6 is 0 Å². The van der Waals surface area contributed by atoms with Gasteiger partial charge in [0.25, 0.3) is 0 Å². The normalized spacial score (nSPS) is 16.2. The summed E-state index contributed by atoms with van der Waals surface area (Å²) in [6.07, 6.45) is -0.228. The topological polar surface area (TPSA) is 32.8 Å². The standard InChI is InChI=1S/C16H24N2O2/c1-16(2,3)13-7-5-6-8-14(13)17-9-11-18(12-10-17)15(19)20-4/h5-8H,9-12H2,1-4H3. The van der Waals surface area contributed by atoms with Crippen LogP contribution in [-0.4, -0.2) is 44.3 Å². The maximum atomic E-state index is 11.5. The molecule has 4 heteroatoms. The third kappa shape index (κ3) is 3.06. The van der Waals surface area contributed by atoms with Gasteiger partial charge in [0, 0.05) is 31.9 Å². The first-order valence-corrected chi connectivity index (χ1v) is 7.11. The quantitative estimate of drug-likeness (QED) is 0.790. The van der Waals surface area contributed by atoms with Crippen molar-refractivity contribution in [3.05, 3.63) is 29.8 Å². The monoisotopic (exact) mass is 276 g/mol. The van der Waals surface area contributed by atoms with Crippen LogP contribution in [0.3, 0.4) is 0 Å². The third-order valence-corrected chi connectivity index (χ3v) is 3.77. The maximum Gasteiger partial charge on any atom is 0.409 e. The Kier molecular flexibility index (Phi) is 4.21. The SMILES string of the molecule is COC(=O)N1CCN(c2ccccc2C(C)(C)C)CC1. The van der Waals surface area contributed by atoms with Crippen LogP contribution in [0, 0.1) is 0 Å². The molecule has 0 aromatic heterocycles. The van der Waals surface area contributed by atoms with E-state index in [1.165, 1.54) is 18.4 Å². The molecule has 2 rings (SSSR count). The van der Waals surface area contributed by atoms with Gasteiger partial charge in [-0.15, -0.1) is 0 Å². The lowest BCUT2D eigenvalue weighted by Crippen LogP contribution is -2.49. The largest absolute Gasteiger partial charge is 0.453 e. The van der Waals surface area contributed by atoms with E-state index in [1.807, 2.05) is 0 Å². The van der Waals surface area contributed by atoms with Crippen molar-refractivity contribution >= 4 is 11.8 Å². The van der Waals surface area contributed by atoms with Crippen LogP contribution in [0.2, 0.25) is 0 Å². The summed E-state index contributed by atoms with van der Waals surface area (Å²) in [5, 5.41) is 0. The van der Waals surface area contributed by atoms with Gasteiger partial charge in [0.1, 0.15) is 0 Å². The summed E-state index contributed by atoms with van der Waals surface area (Å²) in [5.41, 5.74) is 2.76. The number of hydrogen-bond donors (Lipinski definition) is 0. The van der Waals surface area contributed by atoms with Crippen molar-refractivity contribution in [2.24, 2.45) is 0 Å². The zero-order valence-corrected chi connectivity index (χ0v) is 12.8. The number of anilines is 1. The number of ether oxygens (including phenoxy) is 1. The Morgan fingerprint density at radius 2 is 1.70 bits per heavy atom. The van der Waals surface area contributed by atoms with Gasteiger partial charge in [-0.3, -0.25) is 0 Å². The van der Waals surface area contributed by atoms with Crippen molar-refractivity contribution in [1.82, 2.24) is 4.90 Å². The number of nitrogens with zero attached hydrogens (tertiary/aromatic N) is 2. The number of carbonyl (C=O) groups excluding carboxylic acids is 1. The number of rotatable bonds is 1. The highest BCUT2D eigenvalue weighted by molar-refractivity contribution is 5.68. The van der Waals surface area contributed by atoms with Crippen LogP contribution in [0.25, 0.3) is 0 Å². The van der Waals surface area contributed by atoms with Gasteiger partial charge in [0.05, 0.1) is 7.11 Å².